The molecule has 0 saturated heterocycles. The number of hydrogen-bond acceptors (Lipinski definition) is 4. The molecule has 4 heteroatoms. The lowest BCUT2D eigenvalue weighted by Crippen LogP contribution is -2.22. The first-order chi connectivity index (χ1) is 9.65. The van der Waals surface area contributed by atoms with Crippen molar-refractivity contribution in [3.8, 4) is 11.8 Å². The molecule has 4 nitrogen and oxygen atoms in total. The Balaban J connectivity index is 2.22. The molecule has 1 atom stereocenters. The fourth-order valence-corrected chi connectivity index (χ4v) is 1.99. The van der Waals surface area contributed by atoms with Crippen LogP contribution in [0.2, 0.25) is 0 Å². The smallest absolute Gasteiger partial charge is 0.142 e. The number of benzene rings is 1. The second-order valence-corrected chi connectivity index (χ2v) is 4.55. The Morgan fingerprint density at radius 1 is 1.20 bits per heavy atom. The van der Waals surface area contributed by atoms with Crippen LogP contribution in [0.15, 0.2) is 42.5 Å². The first kappa shape index (κ1) is 13.9. The van der Waals surface area contributed by atoms with Gasteiger partial charge >= 0.3 is 0 Å². The number of nitriles is 1. The molecule has 0 amide bonds. The molecule has 0 N–H and O–H groups in total. The summed E-state index contributed by atoms with van der Waals surface area (Å²) < 4.78 is 5.16. The summed E-state index contributed by atoms with van der Waals surface area (Å²) in [5.41, 5.74) is 1.59. The molecule has 0 spiro atoms. The molecule has 2 aromatic rings. The van der Waals surface area contributed by atoms with Crippen molar-refractivity contribution in [3.05, 3.63) is 53.7 Å². The molecule has 0 radical (unpaired) electrons. The maximum Gasteiger partial charge on any atom is 0.142 e. The van der Waals surface area contributed by atoms with Gasteiger partial charge in [-0.1, -0.05) is 18.2 Å². The van der Waals surface area contributed by atoms with Crippen LogP contribution in [-0.2, 0) is 0 Å². The quantitative estimate of drug-likeness (QED) is 0.853. The highest BCUT2D eigenvalue weighted by Crippen LogP contribution is 2.25. The summed E-state index contributed by atoms with van der Waals surface area (Å²) in [6, 6.07) is 15.6. The molecule has 1 heterocycles. The minimum Gasteiger partial charge on any atom is -0.497 e. The van der Waals surface area contributed by atoms with Crippen molar-refractivity contribution in [3.63, 3.8) is 0 Å². The van der Waals surface area contributed by atoms with Gasteiger partial charge in [0.05, 0.1) is 13.2 Å². The largest absolute Gasteiger partial charge is 0.497 e. The Hall–Kier alpha value is -2.54. The van der Waals surface area contributed by atoms with Gasteiger partial charge in [0.1, 0.15) is 23.3 Å². The summed E-state index contributed by atoms with van der Waals surface area (Å²) in [6.45, 7) is 2.10. The lowest BCUT2D eigenvalue weighted by Gasteiger charge is -2.26. The zero-order valence-corrected chi connectivity index (χ0v) is 11.9. The first-order valence-corrected chi connectivity index (χ1v) is 6.39. The average Bonchev–Trinajstić information content (AvgIpc) is 2.53. The van der Waals surface area contributed by atoms with Crippen LogP contribution in [0.3, 0.4) is 0 Å². The number of methoxy groups -OCH3 is 1. The molecule has 0 aliphatic carbocycles. The van der Waals surface area contributed by atoms with E-state index < -0.39 is 0 Å². The number of ether oxygens (including phenoxy) is 1. The van der Waals surface area contributed by atoms with Crippen LogP contribution < -0.4 is 9.64 Å². The van der Waals surface area contributed by atoms with E-state index in [2.05, 4.69) is 18.0 Å². The number of aromatic nitrogens is 1. The van der Waals surface area contributed by atoms with E-state index in [1.807, 2.05) is 48.3 Å². The van der Waals surface area contributed by atoms with Gasteiger partial charge in [-0.3, -0.25) is 0 Å². The maximum atomic E-state index is 8.91. The maximum absolute atomic E-state index is 8.91. The summed E-state index contributed by atoms with van der Waals surface area (Å²) in [6.07, 6.45) is 0. The summed E-state index contributed by atoms with van der Waals surface area (Å²) in [5.74, 6) is 1.63. The lowest BCUT2D eigenvalue weighted by atomic mass is 10.1. The van der Waals surface area contributed by atoms with Gasteiger partial charge in [-0.25, -0.2) is 4.98 Å². The molecular weight excluding hydrogens is 250 g/mol. The highest BCUT2D eigenvalue weighted by atomic mass is 16.5. The van der Waals surface area contributed by atoms with E-state index >= 15 is 0 Å². The van der Waals surface area contributed by atoms with Crippen LogP contribution in [-0.4, -0.2) is 19.1 Å². The van der Waals surface area contributed by atoms with E-state index in [0.29, 0.717) is 5.69 Å². The molecule has 0 fully saturated rings. The third kappa shape index (κ3) is 2.89. The second kappa shape index (κ2) is 6.07. The second-order valence-electron chi connectivity index (χ2n) is 4.55. The molecule has 0 bridgehead atoms. The van der Waals surface area contributed by atoms with Crippen LogP contribution in [0, 0.1) is 11.3 Å². The molecule has 20 heavy (non-hydrogen) atoms. The Labute approximate surface area is 119 Å². The average molecular weight is 267 g/mol. The zero-order valence-electron chi connectivity index (χ0n) is 11.9. The van der Waals surface area contributed by atoms with Crippen molar-refractivity contribution in [2.45, 2.75) is 13.0 Å². The van der Waals surface area contributed by atoms with E-state index in [1.165, 1.54) is 0 Å². The van der Waals surface area contributed by atoms with Crippen molar-refractivity contribution in [1.29, 1.82) is 5.26 Å². The van der Waals surface area contributed by atoms with Crippen molar-refractivity contribution < 1.29 is 4.74 Å². The van der Waals surface area contributed by atoms with E-state index in [4.69, 9.17) is 10.00 Å². The minimum absolute atomic E-state index is 0.155. The van der Waals surface area contributed by atoms with Gasteiger partial charge in [0.25, 0.3) is 0 Å². The van der Waals surface area contributed by atoms with Gasteiger partial charge in [0.15, 0.2) is 0 Å². The van der Waals surface area contributed by atoms with Crippen LogP contribution >= 0.6 is 0 Å². The number of pyridine rings is 1. The SMILES string of the molecule is COc1ccc(C(C)N(C)c2cccc(C#N)n2)cc1. The van der Waals surface area contributed by atoms with Gasteiger partial charge in [0, 0.05) is 7.05 Å². The number of rotatable bonds is 4. The summed E-state index contributed by atoms with van der Waals surface area (Å²) in [5, 5.41) is 8.91. The summed E-state index contributed by atoms with van der Waals surface area (Å²) in [4.78, 5) is 6.36. The summed E-state index contributed by atoms with van der Waals surface area (Å²) in [7, 11) is 3.63. The highest BCUT2D eigenvalue weighted by Gasteiger charge is 2.13. The van der Waals surface area contributed by atoms with Gasteiger partial charge in [0.2, 0.25) is 0 Å². The zero-order chi connectivity index (χ0) is 14.5. The Morgan fingerprint density at radius 2 is 1.90 bits per heavy atom. The molecule has 0 aliphatic heterocycles. The van der Waals surface area contributed by atoms with E-state index in [-0.39, 0.29) is 6.04 Å². The van der Waals surface area contributed by atoms with Crippen LogP contribution in [0.25, 0.3) is 0 Å². The lowest BCUT2D eigenvalue weighted by molar-refractivity contribution is 0.414. The van der Waals surface area contributed by atoms with Crippen LogP contribution in [0.5, 0.6) is 5.75 Å². The molecule has 102 valence electrons. The molecule has 2 rings (SSSR count). The van der Waals surface area contributed by atoms with Gasteiger partial charge in [-0.15, -0.1) is 0 Å². The van der Waals surface area contributed by atoms with Crippen molar-refractivity contribution in [2.24, 2.45) is 0 Å². The standard InChI is InChI=1S/C16H17N3O/c1-12(13-7-9-15(20-3)10-8-13)19(2)16-6-4-5-14(11-17)18-16/h4-10,12H,1-3H3. The number of anilines is 1. The van der Waals surface area contributed by atoms with Crippen LogP contribution in [0.4, 0.5) is 5.82 Å². The fraction of sp³-hybridized carbons (Fsp3) is 0.250. The highest BCUT2D eigenvalue weighted by molar-refractivity contribution is 5.44. The normalized spacial score (nSPS) is 11.5. The number of hydrogen-bond donors (Lipinski definition) is 0. The molecule has 0 aliphatic rings. The first-order valence-electron chi connectivity index (χ1n) is 6.39. The molecule has 1 aromatic heterocycles. The predicted molar refractivity (Wildman–Crippen MR) is 78.8 cm³/mol. The Bertz CT molecular complexity index is 616. The molecule has 1 unspecified atom stereocenters. The molecule has 1 aromatic carbocycles. The van der Waals surface area contributed by atoms with E-state index in [0.717, 1.165) is 17.1 Å². The molecular formula is C16H17N3O. The topological polar surface area (TPSA) is 49.1 Å². The Morgan fingerprint density at radius 3 is 2.50 bits per heavy atom. The van der Waals surface area contributed by atoms with Gasteiger partial charge < -0.3 is 9.64 Å². The number of nitrogens with zero attached hydrogens (tertiary/aromatic N) is 3. The van der Waals surface area contributed by atoms with E-state index in [1.54, 1.807) is 13.2 Å². The summed E-state index contributed by atoms with van der Waals surface area (Å²) >= 11 is 0. The van der Waals surface area contributed by atoms with Crippen molar-refractivity contribution in [2.75, 3.05) is 19.1 Å². The molecule has 0 saturated carbocycles. The third-order valence-electron chi connectivity index (χ3n) is 3.39. The third-order valence-corrected chi connectivity index (χ3v) is 3.39. The monoisotopic (exact) mass is 267 g/mol. The fourth-order valence-electron chi connectivity index (χ4n) is 1.99. The van der Waals surface area contributed by atoms with Gasteiger partial charge in [-0.05, 0) is 36.8 Å². The van der Waals surface area contributed by atoms with Crippen molar-refractivity contribution in [1.82, 2.24) is 4.98 Å². The van der Waals surface area contributed by atoms with Crippen molar-refractivity contribution >= 4 is 5.82 Å². The minimum atomic E-state index is 0.155. The predicted octanol–water partition coefficient (Wildman–Crippen LogP) is 3.16. The van der Waals surface area contributed by atoms with E-state index in [9.17, 15) is 0 Å². The van der Waals surface area contributed by atoms with Crippen LogP contribution in [0.1, 0.15) is 24.2 Å². The Kier molecular flexibility index (Phi) is 4.21. The van der Waals surface area contributed by atoms with Gasteiger partial charge in [-0.2, -0.15) is 5.26 Å².